The van der Waals surface area contributed by atoms with E-state index in [0.29, 0.717) is 29.6 Å². The van der Waals surface area contributed by atoms with Crippen molar-refractivity contribution in [3.8, 4) is 11.4 Å². The summed E-state index contributed by atoms with van der Waals surface area (Å²) >= 11 is 6.29. The van der Waals surface area contributed by atoms with Gasteiger partial charge in [-0.15, -0.1) is 0 Å². The van der Waals surface area contributed by atoms with Gasteiger partial charge in [0.1, 0.15) is 5.82 Å². The molecule has 23 heavy (non-hydrogen) atoms. The number of amides is 1. The van der Waals surface area contributed by atoms with Gasteiger partial charge >= 0.3 is 0 Å². The molecule has 4 nitrogen and oxygen atoms in total. The third kappa shape index (κ3) is 2.45. The Balaban J connectivity index is 1.97. The van der Waals surface area contributed by atoms with Crippen LogP contribution in [0.15, 0.2) is 48.5 Å². The zero-order valence-electron chi connectivity index (χ0n) is 12.4. The van der Waals surface area contributed by atoms with Crippen LogP contribution >= 0.6 is 11.6 Å². The number of hydrogen-bond donors (Lipinski definition) is 0. The molecule has 4 rings (SSSR count). The Morgan fingerprint density at radius 2 is 1.78 bits per heavy atom. The first-order valence-corrected chi connectivity index (χ1v) is 7.94. The molecule has 2 aromatic carbocycles. The van der Waals surface area contributed by atoms with Crippen molar-refractivity contribution in [2.24, 2.45) is 0 Å². The SMILES string of the molecule is O=C1CCCN1c1nc(-c2ccccc2Cl)nc2ccccc12. The largest absolute Gasteiger partial charge is 0.296 e. The van der Waals surface area contributed by atoms with E-state index in [1.165, 1.54) is 0 Å². The molecule has 0 atom stereocenters. The van der Waals surface area contributed by atoms with Gasteiger partial charge in [0.2, 0.25) is 5.91 Å². The number of hydrogen-bond acceptors (Lipinski definition) is 3. The molecule has 1 aromatic heterocycles. The molecule has 114 valence electrons. The average molecular weight is 324 g/mol. The summed E-state index contributed by atoms with van der Waals surface area (Å²) < 4.78 is 0. The fraction of sp³-hybridized carbons (Fsp3) is 0.167. The smallest absolute Gasteiger partial charge is 0.228 e. The number of para-hydroxylation sites is 1. The molecule has 0 spiro atoms. The number of carbonyl (C=O) groups excluding carboxylic acids is 1. The molecule has 3 aromatic rings. The molecule has 0 bridgehead atoms. The van der Waals surface area contributed by atoms with Crippen LogP contribution in [0.3, 0.4) is 0 Å². The Kier molecular flexibility index (Phi) is 3.46. The van der Waals surface area contributed by atoms with Gasteiger partial charge < -0.3 is 0 Å². The molecule has 0 N–H and O–H groups in total. The Labute approximate surface area is 138 Å². The van der Waals surface area contributed by atoms with Gasteiger partial charge in [-0.25, -0.2) is 9.97 Å². The van der Waals surface area contributed by atoms with E-state index in [1.54, 1.807) is 4.90 Å². The summed E-state index contributed by atoms with van der Waals surface area (Å²) in [4.78, 5) is 23.2. The molecule has 0 aliphatic carbocycles. The van der Waals surface area contributed by atoms with Gasteiger partial charge in [0, 0.05) is 23.9 Å². The van der Waals surface area contributed by atoms with E-state index in [4.69, 9.17) is 11.6 Å². The van der Waals surface area contributed by atoms with Gasteiger partial charge in [-0.2, -0.15) is 0 Å². The van der Waals surface area contributed by atoms with Crippen molar-refractivity contribution in [3.63, 3.8) is 0 Å². The number of halogens is 1. The number of rotatable bonds is 2. The molecule has 0 radical (unpaired) electrons. The third-order valence-corrected chi connectivity index (χ3v) is 4.36. The third-order valence-electron chi connectivity index (χ3n) is 4.03. The monoisotopic (exact) mass is 323 g/mol. The fourth-order valence-corrected chi connectivity index (χ4v) is 3.12. The highest BCUT2D eigenvalue weighted by Gasteiger charge is 2.25. The number of nitrogens with zero attached hydrogens (tertiary/aromatic N) is 3. The highest BCUT2D eigenvalue weighted by Crippen LogP contribution is 2.32. The molecule has 1 saturated heterocycles. The second-order valence-corrected chi connectivity index (χ2v) is 5.92. The lowest BCUT2D eigenvalue weighted by atomic mass is 10.1. The highest BCUT2D eigenvalue weighted by atomic mass is 35.5. The summed E-state index contributed by atoms with van der Waals surface area (Å²) in [6.07, 6.45) is 1.43. The zero-order valence-corrected chi connectivity index (χ0v) is 13.1. The fourth-order valence-electron chi connectivity index (χ4n) is 2.90. The Morgan fingerprint density at radius 1 is 1.00 bits per heavy atom. The predicted molar refractivity (Wildman–Crippen MR) is 91.6 cm³/mol. The minimum absolute atomic E-state index is 0.110. The van der Waals surface area contributed by atoms with Crippen LogP contribution < -0.4 is 4.90 Å². The molecular formula is C18H14ClN3O. The van der Waals surface area contributed by atoms with Crippen molar-refractivity contribution in [3.05, 3.63) is 53.6 Å². The maximum Gasteiger partial charge on any atom is 0.228 e. The Bertz CT molecular complexity index is 910. The number of benzene rings is 2. The average Bonchev–Trinajstić information content (AvgIpc) is 3.00. The summed E-state index contributed by atoms with van der Waals surface area (Å²) in [5, 5.41) is 1.49. The van der Waals surface area contributed by atoms with Gasteiger partial charge in [-0.3, -0.25) is 9.69 Å². The van der Waals surface area contributed by atoms with E-state index in [-0.39, 0.29) is 5.91 Å². The van der Waals surface area contributed by atoms with Crippen LogP contribution in [0.5, 0.6) is 0 Å². The number of carbonyl (C=O) groups is 1. The maximum absolute atomic E-state index is 12.2. The van der Waals surface area contributed by atoms with E-state index in [1.807, 2.05) is 48.5 Å². The Hall–Kier alpha value is -2.46. The van der Waals surface area contributed by atoms with Crippen molar-refractivity contribution in [2.45, 2.75) is 12.8 Å². The van der Waals surface area contributed by atoms with E-state index in [2.05, 4.69) is 9.97 Å². The molecule has 5 heteroatoms. The maximum atomic E-state index is 12.2. The first-order valence-electron chi connectivity index (χ1n) is 7.56. The molecule has 1 aliphatic heterocycles. The van der Waals surface area contributed by atoms with Crippen LogP contribution in [-0.4, -0.2) is 22.4 Å². The quantitative estimate of drug-likeness (QED) is 0.714. The first kappa shape index (κ1) is 14.2. The summed E-state index contributed by atoms with van der Waals surface area (Å²) in [6, 6.07) is 15.2. The van der Waals surface area contributed by atoms with Crippen LogP contribution in [0.4, 0.5) is 5.82 Å². The van der Waals surface area contributed by atoms with Gasteiger partial charge in [-0.1, -0.05) is 35.9 Å². The van der Waals surface area contributed by atoms with Crippen LogP contribution in [-0.2, 0) is 4.79 Å². The molecular weight excluding hydrogens is 310 g/mol. The van der Waals surface area contributed by atoms with Gasteiger partial charge in [0.05, 0.1) is 10.5 Å². The molecule has 2 heterocycles. The molecule has 0 saturated carbocycles. The van der Waals surface area contributed by atoms with Crippen LogP contribution in [0.1, 0.15) is 12.8 Å². The molecule has 1 aliphatic rings. The topological polar surface area (TPSA) is 46.1 Å². The molecule has 0 unspecified atom stereocenters. The lowest BCUT2D eigenvalue weighted by Gasteiger charge is -2.18. The minimum atomic E-state index is 0.110. The summed E-state index contributed by atoms with van der Waals surface area (Å²) in [5.41, 5.74) is 1.58. The van der Waals surface area contributed by atoms with E-state index in [0.717, 1.165) is 22.9 Å². The minimum Gasteiger partial charge on any atom is -0.296 e. The second kappa shape index (κ2) is 5.63. The number of aromatic nitrogens is 2. The van der Waals surface area contributed by atoms with Gasteiger partial charge in [-0.05, 0) is 30.7 Å². The van der Waals surface area contributed by atoms with Gasteiger partial charge in [0.25, 0.3) is 0 Å². The lowest BCUT2D eigenvalue weighted by molar-refractivity contribution is -0.117. The molecule has 1 fully saturated rings. The van der Waals surface area contributed by atoms with Crippen molar-refractivity contribution in [1.82, 2.24) is 9.97 Å². The normalized spacial score (nSPS) is 14.7. The summed E-state index contributed by atoms with van der Waals surface area (Å²) in [5.74, 6) is 1.33. The van der Waals surface area contributed by atoms with Crippen LogP contribution in [0, 0.1) is 0 Å². The van der Waals surface area contributed by atoms with Crippen molar-refractivity contribution in [1.29, 1.82) is 0 Å². The van der Waals surface area contributed by atoms with Crippen LogP contribution in [0.25, 0.3) is 22.3 Å². The zero-order chi connectivity index (χ0) is 15.8. The second-order valence-electron chi connectivity index (χ2n) is 5.52. The van der Waals surface area contributed by atoms with Crippen LogP contribution in [0.2, 0.25) is 5.02 Å². The predicted octanol–water partition coefficient (Wildman–Crippen LogP) is 4.08. The first-order chi connectivity index (χ1) is 11.2. The molecule has 1 amide bonds. The van der Waals surface area contributed by atoms with Crippen molar-refractivity contribution in [2.75, 3.05) is 11.4 Å². The van der Waals surface area contributed by atoms with Crippen molar-refractivity contribution < 1.29 is 4.79 Å². The summed E-state index contributed by atoms with van der Waals surface area (Å²) in [7, 11) is 0. The Morgan fingerprint density at radius 3 is 2.57 bits per heavy atom. The highest BCUT2D eigenvalue weighted by molar-refractivity contribution is 6.33. The summed E-state index contributed by atoms with van der Waals surface area (Å²) in [6.45, 7) is 0.696. The number of anilines is 1. The van der Waals surface area contributed by atoms with Crippen molar-refractivity contribution >= 4 is 34.2 Å². The lowest BCUT2D eigenvalue weighted by Crippen LogP contribution is -2.25. The van der Waals surface area contributed by atoms with E-state index in [9.17, 15) is 4.79 Å². The van der Waals surface area contributed by atoms with E-state index >= 15 is 0 Å². The van der Waals surface area contributed by atoms with Gasteiger partial charge in [0.15, 0.2) is 5.82 Å². The standard InChI is InChI=1S/C18H14ClN3O/c19-14-8-3-1-6-12(14)17-20-15-9-4-2-7-13(15)18(21-17)22-11-5-10-16(22)23/h1-4,6-9H,5,10-11H2. The number of fused-ring (bicyclic) bond motifs is 1. The van der Waals surface area contributed by atoms with E-state index < -0.39 is 0 Å².